The molecule has 6 nitrogen and oxygen atoms in total. The molecule has 2 saturated heterocycles. The van der Waals surface area contributed by atoms with Crippen LogP contribution >= 0.6 is 0 Å². The normalized spacial score (nSPS) is 26.2. The molecule has 1 unspecified atom stereocenters. The summed E-state index contributed by atoms with van der Waals surface area (Å²) in [6, 6.07) is 0.599. The number of hydrogen-bond donors (Lipinski definition) is 2. The number of rotatable bonds is 3. The Morgan fingerprint density at radius 2 is 2.04 bits per heavy atom. The lowest BCUT2D eigenvalue weighted by Gasteiger charge is -2.35. The highest BCUT2D eigenvalue weighted by atomic mass is 16.2. The van der Waals surface area contributed by atoms with Crippen LogP contribution in [0.25, 0.3) is 0 Å². The van der Waals surface area contributed by atoms with Crippen molar-refractivity contribution in [3.63, 3.8) is 0 Å². The average molecular weight is 317 g/mol. The number of fused-ring (bicyclic) bond motifs is 1. The summed E-state index contributed by atoms with van der Waals surface area (Å²) in [6.07, 6.45) is 9.68. The van der Waals surface area contributed by atoms with Gasteiger partial charge in [-0.05, 0) is 58.2 Å². The van der Waals surface area contributed by atoms with Gasteiger partial charge in [0.25, 0.3) is 0 Å². The molecule has 126 valence electrons. The first-order chi connectivity index (χ1) is 11.3. The molecule has 3 aliphatic rings. The molecule has 3 aliphatic heterocycles. The van der Waals surface area contributed by atoms with Crippen LogP contribution in [0.15, 0.2) is 6.20 Å². The van der Waals surface area contributed by atoms with Gasteiger partial charge < -0.3 is 15.2 Å². The minimum absolute atomic E-state index is 0.0350. The number of aromatic nitrogens is 2. The summed E-state index contributed by atoms with van der Waals surface area (Å²) >= 11 is 0. The van der Waals surface area contributed by atoms with Gasteiger partial charge in [-0.1, -0.05) is 0 Å². The maximum Gasteiger partial charge on any atom is 0.242 e. The highest BCUT2D eigenvalue weighted by Crippen LogP contribution is 2.26. The predicted octanol–water partition coefficient (Wildman–Crippen LogP) is 1.37. The molecule has 1 aromatic rings. The topological polar surface area (TPSA) is 62.2 Å². The van der Waals surface area contributed by atoms with Gasteiger partial charge in [0, 0.05) is 19.0 Å². The number of hydrogen-bond acceptors (Lipinski definition) is 4. The van der Waals surface area contributed by atoms with Gasteiger partial charge in [-0.3, -0.25) is 9.69 Å². The number of carbonyl (C=O) groups is 1. The van der Waals surface area contributed by atoms with Gasteiger partial charge in [-0.15, -0.1) is 0 Å². The highest BCUT2D eigenvalue weighted by Gasteiger charge is 2.36. The zero-order valence-corrected chi connectivity index (χ0v) is 13.8. The molecular weight excluding hydrogens is 290 g/mol. The van der Waals surface area contributed by atoms with Crippen molar-refractivity contribution >= 4 is 11.7 Å². The van der Waals surface area contributed by atoms with Crippen LogP contribution in [-0.4, -0.2) is 52.1 Å². The molecule has 2 fully saturated rings. The first kappa shape index (κ1) is 15.1. The molecule has 0 saturated carbocycles. The molecular formula is C17H27N5O. The second-order valence-electron chi connectivity index (χ2n) is 7.03. The fourth-order valence-electron chi connectivity index (χ4n) is 4.37. The van der Waals surface area contributed by atoms with Crippen molar-refractivity contribution in [1.82, 2.24) is 19.8 Å². The first-order valence-corrected chi connectivity index (χ1v) is 9.14. The smallest absolute Gasteiger partial charge is 0.242 e. The Bertz CT molecular complexity index is 563. The molecule has 23 heavy (non-hydrogen) atoms. The predicted molar refractivity (Wildman–Crippen MR) is 89.4 cm³/mol. The van der Waals surface area contributed by atoms with Crippen LogP contribution in [0.1, 0.15) is 44.3 Å². The SMILES string of the molecule is O=C(Nc1cnc2n1CCCC2)C1CCCN1C1CCNCC1. The molecule has 0 bridgehead atoms. The molecule has 1 aromatic heterocycles. The maximum absolute atomic E-state index is 12.8. The average Bonchev–Trinajstić information content (AvgIpc) is 3.23. The summed E-state index contributed by atoms with van der Waals surface area (Å²) in [5, 5.41) is 6.58. The highest BCUT2D eigenvalue weighted by molar-refractivity contribution is 5.94. The van der Waals surface area contributed by atoms with E-state index in [0.29, 0.717) is 6.04 Å². The minimum Gasteiger partial charge on any atom is -0.317 e. The van der Waals surface area contributed by atoms with Gasteiger partial charge in [0.05, 0.1) is 12.2 Å². The van der Waals surface area contributed by atoms with Crippen molar-refractivity contribution in [2.75, 3.05) is 25.0 Å². The Hall–Kier alpha value is -1.40. The van der Waals surface area contributed by atoms with Crippen molar-refractivity contribution in [3.05, 3.63) is 12.0 Å². The summed E-state index contributed by atoms with van der Waals surface area (Å²) < 4.78 is 2.19. The first-order valence-electron chi connectivity index (χ1n) is 9.14. The maximum atomic E-state index is 12.8. The van der Waals surface area contributed by atoms with E-state index >= 15 is 0 Å². The van der Waals surface area contributed by atoms with E-state index in [1.54, 1.807) is 0 Å². The number of amides is 1. The number of likely N-dealkylation sites (tertiary alicyclic amines) is 1. The van der Waals surface area contributed by atoms with Crippen molar-refractivity contribution in [2.24, 2.45) is 0 Å². The second-order valence-corrected chi connectivity index (χ2v) is 7.03. The molecule has 0 aromatic carbocycles. The number of anilines is 1. The molecule has 0 radical (unpaired) electrons. The summed E-state index contributed by atoms with van der Waals surface area (Å²) in [4.78, 5) is 19.8. The largest absolute Gasteiger partial charge is 0.317 e. The summed E-state index contributed by atoms with van der Waals surface area (Å²) in [5.41, 5.74) is 0. The van der Waals surface area contributed by atoms with Crippen molar-refractivity contribution in [1.29, 1.82) is 0 Å². The molecule has 2 N–H and O–H groups in total. The third-order valence-electron chi connectivity index (χ3n) is 5.60. The van der Waals surface area contributed by atoms with E-state index in [2.05, 4.69) is 25.1 Å². The number of piperidine rings is 1. The molecule has 4 heterocycles. The third kappa shape index (κ3) is 3.02. The summed E-state index contributed by atoms with van der Waals surface area (Å²) in [7, 11) is 0. The lowest BCUT2D eigenvalue weighted by Crippen LogP contribution is -2.49. The molecule has 1 atom stereocenters. The molecule has 1 amide bonds. The monoisotopic (exact) mass is 317 g/mol. The van der Waals surface area contributed by atoms with Crippen LogP contribution in [-0.2, 0) is 17.8 Å². The zero-order chi connectivity index (χ0) is 15.6. The Morgan fingerprint density at radius 3 is 2.91 bits per heavy atom. The van der Waals surface area contributed by atoms with Gasteiger partial charge in [-0.25, -0.2) is 4.98 Å². The van der Waals surface area contributed by atoms with E-state index in [0.717, 1.165) is 69.9 Å². The van der Waals surface area contributed by atoms with Crippen molar-refractivity contribution in [2.45, 2.75) is 63.6 Å². The number of carbonyl (C=O) groups excluding carboxylic acids is 1. The Labute approximate surface area is 137 Å². The van der Waals surface area contributed by atoms with Gasteiger partial charge >= 0.3 is 0 Å². The number of aryl methyl sites for hydroxylation is 1. The van der Waals surface area contributed by atoms with Crippen LogP contribution in [0.3, 0.4) is 0 Å². The molecule has 0 spiro atoms. The summed E-state index contributed by atoms with van der Waals surface area (Å²) in [6.45, 7) is 4.19. The molecule has 0 aliphatic carbocycles. The zero-order valence-electron chi connectivity index (χ0n) is 13.8. The van der Waals surface area contributed by atoms with Crippen molar-refractivity contribution in [3.8, 4) is 0 Å². The minimum atomic E-state index is 0.0350. The van der Waals surface area contributed by atoms with Crippen LogP contribution in [0.4, 0.5) is 5.82 Å². The van der Waals surface area contributed by atoms with Gasteiger partial charge in [0.1, 0.15) is 11.6 Å². The standard InChI is InChI=1S/C17H27N5O/c23-17(20-16-12-19-15-5-1-2-10-22(15)16)14-4-3-11-21(14)13-6-8-18-9-7-13/h12-14,18H,1-11H2,(H,20,23). The van der Waals surface area contributed by atoms with E-state index < -0.39 is 0 Å². The Balaban J connectivity index is 1.44. The molecule has 6 heteroatoms. The Kier molecular flexibility index (Phi) is 4.35. The van der Waals surface area contributed by atoms with E-state index in [9.17, 15) is 4.79 Å². The Morgan fingerprint density at radius 1 is 1.17 bits per heavy atom. The number of nitrogens with zero attached hydrogens (tertiary/aromatic N) is 3. The van der Waals surface area contributed by atoms with E-state index in [1.807, 2.05) is 6.20 Å². The second kappa shape index (κ2) is 6.61. The van der Waals surface area contributed by atoms with Crippen LogP contribution in [0, 0.1) is 0 Å². The van der Waals surface area contributed by atoms with Crippen LogP contribution in [0.2, 0.25) is 0 Å². The quantitative estimate of drug-likeness (QED) is 0.884. The van der Waals surface area contributed by atoms with Gasteiger partial charge in [0.15, 0.2) is 0 Å². The third-order valence-corrected chi connectivity index (χ3v) is 5.60. The van der Waals surface area contributed by atoms with E-state index in [-0.39, 0.29) is 11.9 Å². The van der Waals surface area contributed by atoms with Crippen LogP contribution in [0.5, 0.6) is 0 Å². The van der Waals surface area contributed by atoms with Crippen LogP contribution < -0.4 is 10.6 Å². The summed E-state index contributed by atoms with van der Waals surface area (Å²) in [5.74, 6) is 2.17. The van der Waals surface area contributed by atoms with Gasteiger partial charge in [-0.2, -0.15) is 0 Å². The number of nitrogens with one attached hydrogen (secondary N) is 2. The van der Waals surface area contributed by atoms with Crippen molar-refractivity contribution < 1.29 is 4.79 Å². The fourth-order valence-corrected chi connectivity index (χ4v) is 4.37. The fraction of sp³-hybridized carbons (Fsp3) is 0.765. The number of imidazole rings is 1. The van der Waals surface area contributed by atoms with E-state index in [4.69, 9.17) is 0 Å². The lowest BCUT2D eigenvalue weighted by molar-refractivity contribution is -0.121. The van der Waals surface area contributed by atoms with Gasteiger partial charge in [0.2, 0.25) is 5.91 Å². The molecule has 4 rings (SSSR count). The van der Waals surface area contributed by atoms with E-state index in [1.165, 1.54) is 12.8 Å². The lowest BCUT2D eigenvalue weighted by atomic mass is 10.0.